The van der Waals surface area contributed by atoms with Crippen LogP contribution in [0.25, 0.3) is 0 Å². The van der Waals surface area contributed by atoms with Crippen molar-refractivity contribution in [2.24, 2.45) is 0 Å². The molecule has 0 saturated carbocycles. The fourth-order valence-electron chi connectivity index (χ4n) is 0.997. The molecule has 0 aliphatic rings. The largest absolute Gasteiger partial charge is 0.414 e. The Bertz CT molecular complexity index is 360. The molecule has 4 atom stereocenters. The van der Waals surface area contributed by atoms with Crippen molar-refractivity contribution in [2.45, 2.75) is 63.8 Å². The lowest BCUT2D eigenvalue weighted by atomic mass is 10.2. The second-order valence-electron chi connectivity index (χ2n) is 5.13. The highest BCUT2D eigenvalue weighted by atomic mass is 32.2. The molecule has 0 heterocycles. The first-order chi connectivity index (χ1) is 8.39. The molecule has 1 N–H and O–H groups in total. The quantitative estimate of drug-likeness (QED) is 0.847. The zero-order chi connectivity index (χ0) is 15.4. The van der Waals surface area contributed by atoms with Gasteiger partial charge >= 0.3 is 6.18 Å². The van der Waals surface area contributed by atoms with Gasteiger partial charge in [0.1, 0.15) is 6.04 Å². The van der Waals surface area contributed by atoms with Crippen LogP contribution in [0, 0.1) is 11.3 Å². The lowest BCUT2D eigenvalue weighted by Crippen LogP contribution is -2.47. The van der Waals surface area contributed by atoms with Crippen LogP contribution in [0.4, 0.5) is 13.2 Å². The van der Waals surface area contributed by atoms with Crippen LogP contribution in [0.1, 0.15) is 34.6 Å². The van der Waals surface area contributed by atoms with E-state index in [0.29, 0.717) is 0 Å². The Labute approximate surface area is 113 Å². The number of nitriles is 1. The van der Waals surface area contributed by atoms with Crippen molar-refractivity contribution in [1.82, 2.24) is 4.72 Å². The van der Waals surface area contributed by atoms with Crippen molar-refractivity contribution >= 4 is 11.0 Å². The van der Waals surface area contributed by atoms with Crippen molar-refractivity contribution in [3.8, 4) is 6.07 Å². The van der Waals surface area contributed by atoms with Crippen LogP contribution in [0.15, 0.2) is 0 Å². The summed E-state index contributed by atoms with van der Waals surface area (Å²) < 4.78 is 55.4. The van der Waals surface area contributed by atoms with Gasteiger partial charge in [0, 0.05) is 0 Å². The molecular formula is C11H19F3N2O2S. The smallest absolute Gasteiger partial charge is 0.363 e. The van der Waals surface area contributed by atoms with Crippen LogP contribution in [0.2, 0.25) is 0 Å². The Balaban J connectivity index is 4.64. The van der Waals surface area contributed by atoms with E-state index >= 15 is 0 Å². The minimum Gasteiger partial charge on any atom is -0.363 e. The van der Waals surface area contributed by atoms with Gasteiger partial charge in [0.15, 0.2) is 6.10 Å². The highest BCUT2D eigenvalue weighted by molar-refractivity contribution is 7.84. The first kappa shape index (κ1) is 18.4. The van der Waals surface area contributed by atoms with Gasteiger partial charge in [-0.3, -0.25) is 0 Å². The molecule has 0 unspecified atom stereocenters. The third-order valence-electron chi connectivity index (χ3n) is 2.28. The molecule has 4 nitrogen and oxygen atoms in total. The van der Waals surface area contributed by atoms with Gasteiger partial charge in [0.05, 0.1) is 27.9 Å². The van der Waals surface area contributed by atoms with Gasteiger partial charge in [-0.05, 0) is 34.6 Å². The molecule has 0 fully saturated rings. The normalized spacial score (nSPS) is 19.3. The van der Waals surface area contributed by atoms with Crippen molar-refractivity contribution in [3.05, 3.63) is 0 Å². The lowest BCUT2D eigenvalue weighted by molar-refractivity contribution is -0.225. The topological polar surface area (TPSA) is 62.1 Å². The monoisotopic (exact) mass is 300 g/mol. The molecule has 19 heavy (non-hydrogen) atoms. The zero-order valence-electron chi connectivity index (χ0n) is 11.5. The molecule has 0 bridgehead atoms. The Morgan fingerprint density at radius 3 is 2.05 bits per heavy atom. The van der Waals surface area contributed by atoms with E-state index in [1.807, 2.05) is 0 Å². The van der Waals surface area contributed by atoms with Gasteiger partial charge in [0.25, 0.3) is 0 Å². The summed E-state index contributed by atoms with van der Waals surface area (Å²) in [6, 6.07) is 0.686. The van der Waals surface area contributed by atoms with Crippen LogP contribution in [0.5, 0.6) is 0 Å². The molecule has 0 rings (SSSR count). The molecule has 112 valence electrons. The molecule has 0 aliphatic heterocycles. The number of halogens is 3. The SMILES string of the molecule is C[C@@H](O[C@H](C)C(F)(F)F)[C@@H](C#N)N[S@@](=O)C(C)(C)C. The average molecular weight is 300 g/mol. The summed E-state index contributed by atoms with van der Waals surface area (Å²) in [5, 5.41) is 8.92. The van der Waals surface area contributed by atoms with E-state index in [1.165, 1.54) is 6.92 Å². The van der Waals surface area contributed by atoms with Crippen LogP contribution in [0.3, 0.4) is 0 Å². The molecular weight excluding hydrogens is 281 g/mol. The fraction of sp³-hybridized carbons (Fsp3) is 0.909. The molecule has 8 heteroatoms. The summed E-state index contributed by atoms with van der Waals surface area (Å²) in [5.74, 6) is 0. The minimum atomic E-state index is -4.49. The van der Waals surface area contributed by atoms with Crippen molar-refractivity contribution in [1.29, 1.82) is 5.26 Å². The summed E-state index contributed by atoms with van der Waals surface area (Å²) >= 11 is 0. The second kappa shape index (κ2) is 6.68. The standard InChI is InChI=1S/C11H19F3N2O2S/c1-7(18-8(2)11(12,13)14)9(6-15)16-19(17)10(3,4)5/h7-9,16H,1-5H3/t7-,8-,9-,19+/m1/s1. The summed E-state index contributed by atoms with van der Waals surface area (Å²) in [6.45, 7) is 7.27. The number of hydrogen-bond donors (Lipinski definition) is 1. The number of rotatable bonds is 5. The number of alkyl halides is 3. The average Bonchev–Trinajstić information content (AvgIpc) is 2.22. The maximum absolute atomic E-state index is 12.3. The first-order valence-electron chi connectivity index (χ1n) is 5.69. The summed E-state index contributed by atoms with van der Waals surface area (Å²) in [6.07, 6.45) is -7.51. The van der Waals surface area contributed by atoms with Gasteiger partial charge in [0.2, 0.25) is 0 Å². The van der Waals surface area contributed by atoms with E-state index in [1.54, 1.807) is 26.8 Å². The van der Waals surface area contributed by atoms with Gasteiger partial charge in [-0.1, -0.05) is 0 Å². The van der Waals surface area contributed by atoms with Crippen molar-refractivity contribution in [2.75, 3.05) is 0 Å². The van der Waals surface area contributed by atoms with Crippen LogP contribution in [-0.2, 0) is 15.7 Å². The van der Waals surface area contributed by atoms with E-state index in [0.717, 1.165) is 6.92 Å². The maximum atomic E-state index is 12.3. The van der Waals surface area contributed by atoms with E-state index in [2.05, 4.69) is 4.72 Å². The molecule has 0 aromatic rings. The van der Waals surface area contributed by atoms with E-state index in [-0.39, 0.29) is 0 Å². The molecule has 0 saturated heterocycles. The van der Waals surface area contributed by atoms with Crippen molar-refractivity contribution in [3.63, 3.8) is 0 Å². The first-order valence-corrected chi connectivity index (χ1v) is 6.84. The van der Waals surface area contributed by atoms with Gasteiger partial charge < -0.3 is 4.74 Å². The molecule has 0 amide bonds. The molecule has 0 aromatic heterocycles. The molecule has 0 spiro atoms. The Morgan fingerprint density at radius 1 is 1.26 bits per heavy atom. The Hall–Kier alpha value is -0.650. The summed E-state index contributed by atoms with van der Waals surface area (Å²) in [5.41, 5.74) is 0. The number of nitrogens with zero attached hydrogens (tertiary/aromatic N) is 1. The molecule has 0 aromatic carbocycles. The van der Waals surface area contributed by atoms with E-state index < -0.39 is 40.2 Å². The molecule has 0 radical (unpaired) electrons. The highest BCUT2D eigenvalue weighted by Gasteiger charge is 2.39. The minimum absolute atomic E-state index is 0.621. The fourth-order valence-corrected chi connectivity index (χ4v) is 1.83. The Morgan fingerprint density at radius 2 is 1.74 bits per heavy atom. The van der Waals surface area contributed by atoms with Crippen LogP contribution < -0.4 is 4.72 Å². The third-order valence-corrected chi connectivity index (χ3v) is 3.86. The van der Waals surface area contributed by atoms with Gasteiger partial charge in [-0.25, -0.2) is 8.93 Å². The lowest BCUT2D eigenvalue weighted by Gasteiger charge is -2.27. The van der Waals surface area contributed by atoms with Crippen LogP contribution in [-0.4, -0.2) is 33.4 Å². The predicted octanol–water partition coefficient (Wildman–Crippen LogP) is 2.29. The maximum Gasteiger partial charge on any atom is 0.414 e. The predicted molar refractivity (Wildman–Crippen MR) is 66.5 cm³/mol. The highest BCUT2D eigenvalue weighted by Crippen LogP contribution is 2.24. The van der Waals surface area contributed by atoms with E-state index in [4.69, 9.17) is 10.00 Å². The van der Waals surface area contributed by atoms with Crippen molar-refractivity contribution < 1.29 is 22.1 Å². The van der Waals surface area contributed by atoms with Gasteiger partial charge in [-0.15, -0.1) is 0 Å². The summed E-state index contributed by atoms with van der Waals surface area (Å²) in [4.78, 5) is 0. The van der Waals surface area contributed by atoms with E-state index in [9.17, 15) is 17.4 Å². The van der Waals surface area contributed by atoms with Gasteiger partial charge in [-0.2, -0.15) is 18.4 Å². The van der Waals surface area contributed by atoms with Crippen LogP contribution >= 0.6 is 0 Å². The summed E-state index contributed by atoms with van der Waals surface area (Å²) in [7, 11) is -1.56. The third kappa shape index (κ3) is 6.36. The second-order valence-corrected chi connectivity index (χ2v) is 7.13. The number of hydrogen-bond acceptors (Lipinski definition) is 3. The Kier molecular flexibility index (Phi) is 6.45. The molecule has 0 aliphatic carbocycles. The number of nitrogens with one attached hydrogen (secondary N) is 1. The zero-order valence-corrected chi connectivity index (χ0v) is 12.4. The number of ether oxygens (including phenoxy) is 1.